The first kappa shape index (κ1) is 15.9. The Hall–Kier alpha value is -2.62. The Bertz CT molecular complexity index is 941. The number of amides is 1. The van der Waals surface area contributed by atoms with E-state index in [4.69, 9.17) is 11.6 Å². The van der Waals surface area contributed by atoms with Gasteiger partial charge in [0.25, 0.3) is 5.91 Å². The van der Waals surface area contributed by atoms with Crippen LogP contribution in [0.2, 0.25) is 5.02 Å². The average Bonchev–Trinajstić information content (AvgIpc) is 2.87. The number of carbonyl (C=O) groups excluding carboxylic acids is 1. The van der Waals surface area contributed by atoms with Gasteiger partial charge in [0.15, 0.2) is 5.72 Å². The number of fused-ring (bicyclic) bond motifs is 1. The molecule has 3 aromatic rings. The molecule has 3 nitrogen and oxygen atoms in total. The lowest BCUT2D eigenvalue weighted by Crippen LogP contribution is -2.44. The van der Waals surface area contributed by atoms with Crippen molar-refractivity contribution >= 4 is 17.5 Å². The number of halogens is 1. The van der Waals surface area contributed by atoms with E-state index < -0.39 is 5.72 Å². The molecule has 3 aromatic carbocycles. The zero-order valence-corrected chi connectivity index (χ0v) is 14.1. The highest BCUT2D eigenvalue weighted by Crippen LogP contribution is 2.43. The number of rotatable bonds is 3. The third-order valence-electron chi connectivity index (χ3n) is 4.63. The summed E-state index contributed by atoms with van der Waals surface area (Å²) >= 11 is 6.28. The Morgan fingerprint density at radius 1 is 0.880 bits per heavy atom. The van der Waals surface area contributed by atoms with Gasteiger partial charge in [-0.15, -0.1) is 0 Å². The molecule has 0 spiro atoms. The fraction of sp³-hybridized carbons (Fsp3) is 0.0952. The van der Waals surface area contributed by atoms with Gasteiger partial charge in [-0.2, -0.15) is 0 Å². The maximum absolute atomic E-state index is 13.0. The summed E-state index contributed by atoms with van der Waals surface area (Å²) in [5, 5.41) is 12.2. The van der Waals surface area contributed by atoms with Gasteiger partial charge in [-0.05, 0) is 17.7 Å². The molecule has 4 heteroatoms. The summed E-state index contributed by atoms with van der Waals surface area (Å²) in [5.74, 6) is -0.207. The van der Waals surface area contributed by atoms with Crippen LogP contribution in [0.5, 0.6) is 0 Å². The Kier molecular flexibility index (Phi) is 3.83. The second-order valence-electron chi connectivity index (χ2n) is 6.07. The number of nitrogens with zero attached hydrogens (tertiary/aromatic N) is 1. The van der Waals surface area contributed by atoms with E-state index in [0.717, 1.165) is 5.56 Å². The molecule has 1 N–H and O–H groups in total. The molecule has 0 saturated carbocycles. The standard InChI is InChI=1S/C21H16ClNO2/c22-19-13-7-4-8-15(19)14-23-20(24)17-11-5-6-12-18(17)21(23,25)16-9-2-1-3-10-16/h1-13,25H,14H2. The first-order chi connectivity index (χ1) is 12.1. The maximum Gasteiger partial charge on any atom is 0.257 e. The van der Waals surface area contributed by atoms with Crippen LogP contribution in [0, 0.1) is 0 Å². The predicted molar refractivity (Wildman–Crippen MR) is 97.2 cm³/mol. The normalized spacial score (nSPS) is 19.1. The molecule has 0 radical (unpaired) electrons. The van der Waals surface area contributed by atoms with E-state index in [1.54, 1.807) is 24.3 Å². The second-order valence-corrected chi connectivity index (χ2v) is 6.47. The van der Waals surface area contributed by atoms with Crippen LogP contribution in [0.1, 0.15) is 27.0 Å². The lowest BCUT2D eigenvalue weighted by atomic mass is 9.93. The monoisotopic (exact) mass is 349 g/mol. The predicted octanol–water partition coefficient (Wildman–Crippen LogP) is 4.19. The topological polar surface area (TPSA) is 40.5 Å². The molecule has 1 aliphatic rings. The number of hydrogen-bond acceptors (Lipinski definition) is 2. The van der Waals surface area contributed by atoms with Crippen molar-refractivity contribution in [3.8, 4) is 0 Å². The number of carbonyl (C=O) groups is 1. The van der Waals surface area contributed by atoms with E-state index in [0.29, 0.717) is 21.7 Å². The maximum atomic E-state index is 13.0. The lowest BCUT2D eigenvalue weighted by Gasteiger charge is -2.35. The van der Waals surface area contributed by atoms with E-state index in [-0.39, 0.29) is 12.5 Å². The van der Waals surface area contributed by atoms with Crippen molar-refractivity contribution in [1.82, 2.24) is 4.90 Å². The van der Waals surface area contributed by atoms with E-state index in [1.807, 2.05) is 54.6 Å². The van der Waals surface area contributed by atoms with Crippen molar-refractivity contribution in [2.45, 2.75) is 12.3 Å². The van der Waals surface area contributed by atoms with Crippen LogP contribution in [0.15, 0.2) is 78.9 Å². The first-order valence-corrected chi connectivity index (χ1v) is 8.43. The van der Waals surface area contributed by atoms with Crippen LogP contribution < -0.4 is 0 Å². The van der Waals surface area contributed by atoms with Gasteiger partial charge in [0.05, 0.1) is 6.54 Å². The van der Waals surface area contributed by atoms with Crippen LogP contribution in [0.25, 0.3) is 0 Å². The summed E-state index contributed by atoms with van der Waals surface area (Å²) in [5.41, 5.74) is 1.04. The third-order valence-corrected chi connectivity index (χ3v) is 5.00. The van der Waals surface area contributed by atoms with Gasteiger partial charge in [0.1, 0.15) is 0 Å². The van der Waals surface area contributed by atoms with E-state index in [2.05, 4.69) is 0 Å². The van der Waals surface area contributed by atoms with Crippen LogP contribution in [0.4, 0.5) is 0 Å². The SMILES string of the molecule is O=C1c2ccccc2C(O)(c2ccccc2)N1Cc1ccccc1Cl. The zero-order chi connectivity index (χ0) is 17.4. The third kappa shape index (κ3) is 2.44. The molecule has 0 saturated heterocycles. The minimum atomic E-state index is -1.52. The molecule has 1 unspecified atom stereocenters. The summed E-state index contributed by atoms with van der Waals surface area (Å²) < 4.78 is 0. The average molecular weight is 350 g/mol. The van der Waals surface area contributed by atoms with E-state index >= 15 is 0 Å². The van der Waals surface area contributed by atoms with Gasteiger partial charge in [0, 0.05) is 21.7 Å². The van der Waals surface area contributed by atoms with Gasteiger partial charge < -0.3 is 5.11 Å². The molecule has 1 aliphatic heterocycles. The zero-order valence-electron chi connectivity index (χ0n) is 13.4. The van der Waals surface area contributed by atoms with E-state index in [9.17, 15) is 9.90 Å². The molecular weight excluding hydrogens is 334 g/mol. The fourth-order valence-electron chi connectivity index (χ4n) is 3.38. The van der Waals surface area contributed by atoms with Gasteiger partial charge in [-0.1, -0.05) is 78.3 Å². The van der Waals surface area contributed by atoms with Crippen molar-refractivity contribution in [2.75, 3.05) is 0 Å². The molecule has 4 rings (SSSR count). The van der Waals surface area contributed by atoms with Crippen molar-refractivity contribution < 1.29 is 9.90 Å². The summed E-state index contributed by atoms with van der Waals surface area (Å²) in [6.07, 6.45) is 0. The van der Waals surface area contributed by atoms with Crippen LogP contribution in [-0.2, 0) is 12.3 Å². The fourth-order valence-corrected chi connectivity index (χ4v) is 3.57. The summed E-state index contributed by atoms with van der Waals surface area (Å²) in [6.45, 7) is 0.221. The van der Waals surface area contributed by atoms with Crippen LogP contribution in [-0.4, -0.2) is 15.9 Å². The molecule has 0 aromatic heterocycles. The highest BCUT2D eigenvalue weighted by molar-refractivity contribution is 6.31. The Morgan fingerprint density at radius 3 is 2.28 bits per heavy atom. The molecular formula is C21H16ClNO2. The van der Waals surface area contributed by atoms with Gasteiger partial charge in [-0.3, -0.25) is 9.69 Å². The summed E-state index contributed by atoms with van der Waals surface area (Å²) in [6, 6.07) is 23.8. The van der Waals surface area contributed by atoms with Crippen molar-refractivity contribution in [3.63, 3.8) is 0 Å². The Morgan fingerprint density at radius 2 is 1.52 bits per heavy atom. The minimum Gasteiger partial charge on any atom is -0.363 e. The van der Waals surface area contributed by atoms with E-state index in [1.165, 1.54) is 4.90 Å². The smallest absolute Gasteiger partial charge is 0.257 e. The molecule has 0 bridgehead atoms. The highest BCUT2D eigenvalue weighted by Gasteiger charge is 2.49. The largest absolute Gasteiger partial charge is 0.363 e. The van der Waals surface area contributed by atoms with Crippen molar-refractivity contribution in [1.29, 1.82) is 0 Å². The quantitative estimate of drug-likeness (QED) is 0.770. The Balaban J connectivity index is 1.88. The molecule has 25 heavy (non-hydrogen) atoms. The molecule has 1 atom stereocenters. The van der Waals surface area contributed by atoms with Crippen molar-refractivity contribution in [3.05, 3.63) is 106 Å². The highest BCUT2D eigenvalue weighted by atomic mass is 35.5. The minimum absolute atomic E-state index is 0.207. The number of aliphatic hydroxyl groups is 1. The Labute approximate surface area is 151 Å². The summed E-state index contributed by atoms with van der Waals surface area (Å²) in [7, 11) is 0. The van der Waals surface area contributed by atoms with Crippen LogP contribution >= 0.6 is 11.6 Å². The van der Waals surface area contributed by atoms with Gasteiger partial charge >= 0.3 is 0 Å². The van der Waals surface area contributed by atoms with Crippen LogP contribution in [0.3, 0.4) is 0 Å². The van der Waals surface area contributed by atoms with Gasteiger partial charge in [0.2, 0.25) is 0 Å². The number of benzene rings is 3. The first-order valence-electron chi connectivity index (χ1n) is 8.05. The molecule has 1 heterocycles. The molecule has 0 fully saturated rings. The summed E-state index contributed by atoms with van der Waals surface area (Å²) in [4.78, 5) is 14.5. The van der Waals surface area contributed by atoms with Gasteiger partial charge in [-0.25, -0.2) is 0 Å². The lowest BCUT2D eigenvalue weighted by molar-refractivity contribution is -0.0542. The molecule has 1 amide bonds. The number of hydrogen-bond donors (Lipinski definition) is 1. The molecule has 124 valence electrons. The van der Waals surface area contributed by atoms with Crippen molar-refractivity contribution in [2.24, 2.45) is 0 Å². The molecule has 0 aliphatic carbocycles. The second kappa shape index (κ2) is 6.03.